The smallest absolute Gasteiger partial charge is 0.276 e. The number of carbonyl (C=O) groups excluding carboxylic acids is 1. The van der Waals surface area contributed by atoms with Crippen molar-refractivity contribution in [2.24, 2.45) is 10.1 Å². The number of benzene rings is 2. The molecule has 0 unspecified atom stereocenters. The lowest BCUT2D eigenvalue weighted by Crippen LogP contribution is -2.50. The van der Waals surface area contributed by atoms with E-state index in [1.165, 1.54) is 11.8 Å². The number of hydrogen-bond donors (Lipinski definition) is 2. The number of halogens is 1. The Morgan fingerprint density at radius 1 is 1.22 bits per heavy atom. The molecule has 1 atom stereocenters. The van der Waals surface area contributed by atoms with Crippen LogP contribution in [0.1, 0.15) is 11.7 Å². The second kappa shape index (κ2) is 6.24. The van der Waals surface area contributed by atoms with Crippen LogP contribution in [0.5, 0.6) is 0 Å². The second-order valence-electron chi connectivity index (χ2n) is 6.21. The quantitative estimate of drug-likeness (QED) is 0.611. The van der Waals surface area contributed by atoms with Gasteiger partial charge in [-0.1, -0.05) is 45.9 Å². The number of hydrogen-bond acceptors (Lipinski definition) is 5. The van der Waals surface area contributed by atoms with Crippen molar-refractivity contribution in [2.45, 2.75) is 6.17 Å². The number of fused-ring (bicyclic) bond motifs is 3. The third kappa shape index (κ3) is 2.59. The van der Waals surface area contributed by atoms with Crippen LogP contribution in [-0.2, 0) is 4.79 Å². The van der Waals surface area contributed by atoms with Crippen LogP contribution in [0.15, 0.2) is 63.2 Å². The molecule has 2 aliphatic heterocycles. The molecule has 5 rings (SSSR count). The number of amidine groups is 1. The van der Waals surface area contributed by atoms with Crippen molar-refractivity contribution in [3.05, 3.63) is 69.3 Å². The van der Waals surface area contributed by atoms with Gasteiger partial charge in [0.15, 0.2) is 11.3 Å². The predicted octanol–water partition coefficient (Wildman–Crippen LogP) is 2.44. The minimum atomic E-state index is -0.418. The molecular weight excluding hydrogens is 426 g/mol. The molecule has 0 saturated heterocycles. The first kappa shape index (κ1) is 16.6. The van der Waals surface area contributed by atoms with Crippen LogP contribution in [-0.4, -0.2) is 27.3 Å². The van der Waals surface area contributed by atoms with Crippen molar-refractivity contribution < 1.29 is 4.79 Å². The van der Waals surface area contributed by atoms with Gasteiger partial charge in [-0.05, 0) is 30.5 Å². The molecule has 8 heteroatoms. The van der Waals surface area contributed by atoms with Crippen LogP contribution in [0.3, 0.4) is 0 Å². The normalized spacial score (nSPS) is 18.5. The summed E-state index contributed by atoms with van der Waals surface area (Å²) in [6, 6.07) is 13.8. The molecule has 0 aliphatic carbocycles. The monoisotopic (exact) mass is 439 g/mol. The Kier molecular flexibility index (Phi) is 3.84. The van der Waals surface area contributed by atoms with Gasteiger partial charge in [-0.25, -0.2) is 5.01 Å². The number of nitrogens with one attached hydrogen (secondary N) is 2. The molecule has 27 heavy (non-hydrogen) atoms. The van der Waals surface area contributed by atoms with Crippen molar-refractivity contribution in [3.63, 3.8) is 0 Å². The Hall–Kier alpha value is -2.58. The molecule has 3 heterocycles. The summed E-state index contributed by atoms with van der Waals surface area (Å²) in [7, 11) is 0. The largest absolute Gasteiger partial charge is 0.361 e. The van der Waals surface area contributed by atoms with Crippen LogP contribution in [0, 0.1) is 0 Å². The van der Waals surface area contributed by atoms with Gasteiger partial charge in [0.1, 0.15) is 5.70 Å². The minimum absolute atomic E-state index is 0.173. The van der Waals surface area contributed by atoms with E-state index in [0.29, 0.717) is 10.9 Å². The summed E-state index contributed by atoms with van der Waals surface area (Å²) in [4.78, 5) is 21.1. The Labute approximate surface area is 167 Å². The lowest BCUT2D eigenvalue weighted by Gasteiger charge is -2.33. The van der Waals surface area contributed by atoms with Gasteiger partial charge in [-0.3, -0.25) is 15.1 Å². The van der Waals surface area contributed by atoms with E-state index in [-0.39, 0.29) is 5.91 Å². The maximum atomic E-state index is 12.9. The SMILES string of the molecule is CSC1=NN2C(=c3cc(Br)ccc3=N[C@@H]2c2c[nH]c3ccccc23)C(=O)N1. The maximum absolute atomic E-state index is 12.9. The summed E-state index contributed by atoms with van der Waals surface area (Å²) < 4.78 is 0.891. The number of amides is 1. The molecule has 134 valence electrons. The van der Waals surface area contributed by atoms with Crippen molar-refractivity contribution in [1.82, 2.24) is 15.3 Å². The first-order valence-corrected chi connectivity index (χ1v) is 10.3. The molecule has 0 spiro atoms. The molecule has 0 saturated carbocycles. The molecule has 0 fully saturated rings. The highest BCUT2D eigenvalue weighted by molar-refractivity contribution is 9.10. The van der Waals surface area contributed by atoms with Crippen LogP contribution < -0.4 is 15.9 Å². The van der Waals surface area contributed by atoms with Crippen LogP contribution in [0.25, 0.3) is 16.6 Å². The molecule has 2 aromatic carbocycles. The van der Waals surface area contributed by atoms with E-state index in [4.69, 9.17) is 4.99 Å². The number of carbonyl (C=O) groups is 1. The number of H-pyrrole nitrogens is 1. The van der Waals surface area contributed by atoms with E-state index >= 15 is 0 Å². The number of rotatable bonds is 1. The Balaban J connectivity index is 1.82. The van der Waals surface area contributed by atoms with Gasteiger partial charge in [0.25, 0.3) is 5.91 Å². The zero-order valence-corrected chi connectivity index (χ0v) is 16.6. The molecule has 2 N–H and O–H groups in total. The van der Waals surface area contributed by atoms with Crippen LogP contribution in [0.4, 0.5) is 0 Å². The fraction of sp³-hybridized carbons (Fsp3) is 0.105. The van der Waals surface area contributed by atoms with E-state index in [0.717, 1.165) is 31.5 Å². The summed E-state index contributed by atoms with van der Waals surface area (Å²) in [5.74, 6) is -0.173. The zero-order chi connectivity index (χ0) is 18.5. The molecule has 1 aromatic heterocycles. The number of thioether (sulfide) groups is 1. The number of nitrogens with zero attached hydrogens (tertiary/aromatic N) is 3. The average Bonchev–Trinajstić information content (AvgIpc) is 3.11. The molecule has 6 nitrogen and oxygen atoms in total. The average molecular weight is 440 g/mol. The summed E-state index contributed by atoms with van der Waals surface area (Å²) >= 11 is 4.89. The molecule has 2 aliphatic rings. The third-order valence-corrected chi connectivity index (χ3v) is 5.73. The van der Waals surface area contributed by atoms with Gasteiger partial charge in [0, 0.05) is 32.4 Å². The maximum Gasteiger partial charge on any atom is 0.276 e. The van der Waals surface area contributed by atoms with Crippen LogP contribution >= 0.6 is 27.7 Å². The number of hydrazone groups is 1. The lowest BCUT2D eigenvalue weighted by molar-refractivity contribution is -0.116. The Bertz CT molecular complexity index is 1250. The van der Waals surface area contributed by atoms with E-state index in [1.807, 2.05) is 48.9 Å². The first-order valence-electron chi connectivity index (χ1n) is 8.32. The third-order valence-electron chi connectivity index (χ3n) is 4.66. The highest BCUT2D eigenvalue weighted by Gasteiger charge is 2.35. The molecule has 1 amide bonds. The topological polar surface area (TPSA) is 72.8 Å². The first-order chi connectivity index (χ1) is 13.2. The second-order valence-corrected chi connectivity index (χ2v) is 7.92. The van der Waals surface area contributed by atoms with Crippen molar-refractivity contribution in [3.8, 4) is 0 Å². The summed E-state index contributed by atoms with van der Waals surface area (Å²) in [6.07, 6.45) is 3.41. The fourth-order valence-corrected chi connectivity index (χ4v) is 4.18. The van der Waals surface area contributed by atoms with E-state index in [1.54, 1.807) is 5.01 Å². The summed E-state index contributed by atoms with van der Waals surface area (Å²) in [5, 5.41) is 12.4. The number of para-hydroxylation sites is 1. The Morgan fingerprint density at radius 2 is 2.07 bits per heavy atom. The van der Waals surface area contributed by atoms with Gasteiger partial charge in [-0.15, -0.1) is 5.10 Å². The Morgan fingerprint density at radius 3 is 2.93 bits per heavy atom. The zero-order valence-electron chi connectivity index (χ0n) is 14.2. The highest BCUT2D eigenvalue weighted by atomic mass is 79.9. The van der Waals surface area contributed by atoms with Crippen molar-refractivity contribution in [1.29, 1.82) is 0 Å². The predicted molar refractivity (Wildman–Crippen MR) is 110 cm³/mol. The lowest BCUT2D eigenvalue weighted by atomic mass is 10.1. The number of aromatic nitrogens is 1. The van der Waals surface area contributed by atoms with Gasteiger partial charge in [0.2, 0.25) is 0 Å². The van der Waals surface area contributed by atoms with Gasteiger partial charge < -0.3 is 4.98 Å². The summed E-state index contributed by atoms with van der Waals surface area (Å²) in [6.45, 7) is 0. The van der Waals surface area contributed by atoms with Crippen molar-refractivity contribution in [2.75, 3.05) is 6.26 Å². The number of aromatic amines is 1. The minimum Gasteiger partial charge on any atom is -0.361 e. The fourth-order valence-electron chi connectivity index (χ4n) is 3.45. The van der Waals surface area contributed by atoms with Gasteiger partial charge in [-0.2, -0.15) is 0 Å². The van der Waals surface area contributed by atoms with Gasteiger partial charge >= 0.3 is 0 Å². The molecule has 0 radical (unpaired) electrons. The van der Waals surface area contributed by atoms with E-state index in [9.17, 15) is 4.79 Å². The van der Waals surface area contributed by atoms with E-state index in [2.05, 4.69) is 37.4 Å². The highest BCUT2D eigenvalue weighted by Crippen LogP contribution is 2.34. The summed E-state index contributed by atoms with van der Waals surface area (Å²) in [5.41, 5.74) is 2.52. The molecule has 3 aromatic rings. The van der Waals surface area contributed by atoms with E-state index < -0.39 is 6.17 Å². The standard InChI is InChI=1S/C19H14BrN5OS/c1-27-19-23-18(26)16-12-8-10(20)6-7-15(12)22-17(25(16)24-19)13-9-21-14-5-3-2-4-11(13)14/h2-9,17,21H,1H3,(H,23,24,26)/t17-/m0/s1. The molecular formula is C19H14BrN5OS. The van der Waals surface area contributed by atoms with Crippen molar-refractivity contribution >= 4 is 55.4 Å². The van der Waals surface area contributed by atoms with Gasteiger partial charge in [0.05, 0.1) is 5.36 Å². The van der Waals surface area contributed by atoms with Crippen LogP contribution in [0.2, 0.25) is 0 Å². The molecule has 0 bridgehead atoms.